The van der Waals surface area contributed by atoms with Crippen LogP contribution in [-0.4, -0.2) is 34.0 Å². The topological polar surface area (TPSA) is 72.5 Å². The van der Waals surface area contributed by atoms with Crippen molar-refractivity contribution in [3.8, 4) is 0 Å². The van der Waals surface area contributed by atoms with Gasteiger partial charge < -0.3 is 10.1 Å². The zero-order valence-corrected chi connectivity index (χ0v) is 13.7. The van der Waals surface area contributed by atoms with Crippen molar-refractivity contribution in [1.82, 2.24) is 5.32 Å². The monoisotopic (exact) mass is 311 g/mol. The van der Waals surface area contributed by atoms with Crippen molar-refractivity contribution in [2.75, 3.05) is 6.26 Å². The number of benzene rings is 1. The Hall–Kier alpha value is -1.69. The number of nitrogens with one attached hydrogen (secondary N) is 1. The maximum absolute atomic E-state index is 12.1. The highest BCUT2D eigenvalue weighted by atomic mass is 32.2. The maximum atomic E-state index is 12.1. The van der Waals surface area contributed by atoms with Gasteiger partial charge in [0.25, 0.3) is 5.91 Å². The molecule has 1 rings (SSSR count). The first-order valence-corrected chi connectivity index (χ1v) is 8.13. The predicted molar refractivity (Wildman–Crippen MR) is 81.5 cm³/mol. The van der Waals surface area contributed by atoms with Crippen LogP contribution in [0.4, 0.5) is 0 Å². The fourth-order valence-electron chi connectivity index (χ4n) is 1.63. The molecule has 0 aliphatic heterocycles. The van der Waals surface area contributed by atoms with Crippen LogP contribution in [0.3, 0.4) is 0 Å². The average Bonchev–Trinajstić information content (AvgIpc) is 2.36. The Morgan fingerprint density at radius 3 is 2.33 bits per heavy atom. The van der Waals surface area contributed by atoms with E-state index in [1.54, 1.807) is 18.2 Å². The Morgan fingerprint density at radius 1 is 1.24 bits per heavy atom. The lowest BCUT2D eigenvalue weighted by Gasteiger charge is -2.23. The minimum absolute atomic E-state index is 0.216. The number of hydrogen-bond acceptors (Lipinski definition) is 4. The maximum Gasteiger partial charge on any atom is 0.340 e. The molecule has 0 heterocycles. The quantitative estimate of drug-likeness (QED) is 0.862. The van der Waals surface area contributed by atoms with Crippen LogP contribution >= 0.6 is 0 Å². The van der Waals surface area contributed by atoms with Gasteiger partial charge in [-0.15, -0.1) is 0 Å². The predicted octanol–water partition coefficient (Wildman–Crippen LogP) is 1.88. The molecule has 2 atom stereocenters. The highest BCUT2D eigenvalue weighted by Gasteiger charge is 2.24. The molecule has 6 heteroatoms. The normalized spacial score (nSPS) is 14.1. The van der Waals surface area contributed by atoms with E-state index in [-0.39, 0.29) is 11.5 Å². The van der Waals surface area contributed by atoms with E-state index in [0.717, 1.165) is 0 Å². The number of carbonyl (C=O) groups excluding carboxylic acids is 2. The van der Waals surface area contributed by atoms with Gasteiger partial charge in [0.2, 0.25) is 0 Å². The molecule has 0 bridgehead atoms. The van der Waals surface area contributed by atoms with Crippen LogP contribution in [0.15, 0.2) is 29.2 Å². The summed E-state index contributed by atoms with van der Waals surface area (Å²) in [6.45, 7) is 7.03. The third kappa shape index (κ3) is 5.30. The molecule has 0 fully saturated rings. The van der Waals surface area contributed by atoms with Gasteiger partial charge in [-0.3, -0.25) is 9.00 Å². The molecular formula is C15H21NO4S. The third-order valence-electron chi connectivity index (χ3n) is 2.57. The lowest BCUT2D eigenvalue weighted by Crippen LogP contribution is -2.46. The van der Waals surface area contributed by atoms with Crippen LogP contribution in [0, 0.1) is 0 Å². The Kier molecular flexibility index (Phi) is 5.66. The first-order chi connectivity index (χ1) is 9.61. The van der Waals surface area contributed by atoms with E-state index in [1.807, 2.05) is 20.8 Å². The molecule has 0 spiro atoms. The average molecular weight is 311 g/mol. The molecule has 21 heavy (non-hydrogen) atoms. The molecule has 0 radical (unpaired) electrons. The van der Waals surface area contributed by atoms with Crippen LogP contribution in [0.2, 0.25) is 0 Å². The van der Waals surface area contributed by atoms with E-state index in [4.69, 9.17) is 4.74 Å². The first kappa shape index (κ1) is 17.4. The zero-order chi connectivity index (χ0) is 16.2. The minimum Gasteiger partial charge on any atom is -0.449 e. The molecule has 116 valence electrons. The van der Waals surface area contributed by atoms with E-state index in [9.17, 15) is 13.8 Å². The Bertz CT molecular complexity index is 563. The van der Waals surface area contributed by atoms with Gasteiger partial charge in [0.15, 0.2) is 6.10 Å². The number of rotatable bonds is 4. The highest BCUT2D eigenvalue weighted by molar-refractivity contribution is 7.84. The fraction of sp³-hybridized carbons (Fsp3) is 0.467. The van der Waals surface area contributed by atoms with Crippen LogP contribution in [0.5, 0.6) is 0 Å². The summed E-state index contributed by atoms with van der Waals surface area (Å²) >= 11 is 0. The summed E-state index contributed by atoms with van der Waals surface area (Å²) in [6, 6.07) is 6.50. The molecule has 0 aliphatic carbocycles. The summed E-state index contributed by atoms with van der Waals surface area (Å²) in [7, 11) is -1.30. The Labute approximate surface area is 127 Å². The zero-order valence-electron chi connectivity index (χ0n) is 12.9. The second kappa shape index (κ2) is 6.85. The molecule has 5 nitrogen and oxygen atoms in total. The molecule has 0 saturated heterocycles. The molecule has 1 amide bonds. The van der Waals surface area contributed by atoms with Crippen molar-refractivity contribution >= 4 is 22.7 Å². The third-order valence-corrected chi connectivity index (χ3v) is 3.54. The standard InChI is InChI=1S/C15H21NO4S/c1-10(13(17)16-15(2,3)4)20-14(18)11-8-6-7-9-12(11)21(5)19/h6-10H,1-5H3,(H,16,17)/t10-,21-/m0/s1. The summed E-state index contributed by atoms with van der Waals surface area (Å²) in [5.74, 6) is -1.02. The van der Waals surface area contributed by atoms with Crippen LogP contribution < -0.4 is 5.32 Å². The number of ether oxygens (including phenoxy) is 1. The fourth-order valence-corrected chi connectivity index (χ4v) is 2.37. The van der Waals surface area contributed by atoms with Crippen molar-refractivity contribution in [3.63, 3.8) is 0 Å². The van der Waals surface area contributed by atoms with E-state index in [2.05, 4.69) is 5.32 Å². The van der Waals surface area contributed by atoms with Crippen LogP contribution in [0.25, 0.3) is 0 Å². The number of esters is 1. The van der Waals surface area contributed by atoms with Gasteiger partial charge in [0, 0.05) is 11.8 Å². The first-order valence-electron chi connectivity index (χ1n) is 6.57. The lowest BCUT2D eigenvalue weighted by atomic mass is 10.1. The highest BCUT2D eigenvalue weighted by Crippen LogP contribution is 2.15. The Balaban J connectivity index is 2.82. The molecule has 1 N–H and O–H groups in total. The van der Waals surface area contributed by atoms with E-state index < -0.39 is 28.4 Å². The van der Waals surface area contributed by atoms with Crippen molar-refractivity contribution in [2.24, 2.45) is 0 Å². The van der Waals surface area contributed by atoms with Gasteiger partial charge in [0.1, 0.15) is 0 Å². The van der Waals surface area contributed by atoms with Crippen molar-refractivity contribution in [1.29, 1.82) is 0 Å². The summed E-state index contributed by atoms with van der Waals surface area (Å²) in [6.07, 6.45) is 0.567. The van der Waals surface area contributed by atoms with Crippen molar-refractivity contribution < 1.29 is 18.5 Å². The molecule has 0 saturated carbocycles. The van der Waals surface area contributed by atoms with E-state index in [0.29, 0.717) is 4.90 Å². The van der Waals surface area contributed by atoms with E-state index in [1.165, 1.54) is 19.2 Å². The lowest BCUT2D eigenvalue weighted by molar-refractivity contribution is -0.130. The van der Waals surface area contributed by atoms with E-state index >= 15 is 0 Å². The van der Waals surface area contributed by atoms with Gasteiger partial charge in [-0.2, -0.15) is 0 Å². The van der Waals surface area contributed by atoms with Crippen LogP contribution in [-0.2, 0) is 20.3 Å². The second-order valence-corrected chi connectivity index (χ2v) is 7.09. The van der Waals surface area contributed by atoms with Gasteiger partial charge in [0.05, 0.1) is 21.3 Å². The minimum atomic E-state index is -1.30. The number of hydrogen-bond donors (Lipinski definition) is 1. The van der Waals surface area contributed by atoms with Gasteiger partial charge >= 0.3 is 5.97 Å². The number of carbonyl (C=O) groups is 2. The molecule has 0 aliphatic rings. The van der Waals surface area contributed by atoms with Crippen molar-refractivity contribution in [2.45, 2.75) is 44.2 Å². The SMILES string of the molecule is C[C@H](OC(=O)c1ccccc1[S@](C)=O)C(=O)NC(C)(C)C. The smallest absolute Gasteiger partial charge is 0.340 e. The molecule has 0 unspecified atom stereocenters. The van der Waals surface area contributed by atoms with Gasteiger partial charge in [-0.25, -0.2) is 4.79 Å². The second-order valence-electron chi connectivity index (χ2n) is 5.74. The summed E-state index contributed by atoms with van der Waals surface area (Å²) in [5.41, 5.74) is -0.186. The molecule has 1 aromatic rings. The Morgan fingerprint density at radius 2 is 1.81 bits per heavy atom. The molecular weight excluding hydrogens is 290 g/mol. The summed E-state index contributed by atoms with van der Waals surface area (Å²) in [5, 5.41) is 2.74. The number of amides is 1. The van der Waals surface area contributed by atoms with Gasteiger partial charge in [-0.1, -0.05) is 12.1 Å². The van der Waals surface area contributed by atoms with Gasteiger partial charge in [-0.05, 0) is 39.8 Å². The van der Waals surface area contributed by atoms with Crippen molar-refractivity contribution in [3.05, 3.63) is 29.8 Å². The summed E-state index contributed by atoms with van der Waals surface area (Å²) in [4.78, 5) is 24.4. The largest absolute Gasteiger partial charge is 0.449 e. The molecule has 0 aromatic heterocycles. The summed E-state index contributed by atoms with van der Waals surface area (Å²) < 4.78 is 16.8. The molecule has 1 aromatic carbocycles. The van der Waals surface area contributed by atoms with Crippen LogP contribution in [0.1, 0.15) is 38.1 Å².